The molecule has 2 heterocycles. The number of aromatic nitrogens is 5. The lowest BCUT2D eigenvalue weighted by molar-refractivity contribution is 0.0508. The number of anilines is 2. The number of carbonyl (C=O) groups is 1. The smallest absolute Gasteiger partial charge is 0.408 e. The van der Waals surface area contributed by atoms with Crippen LogP contribution in [0.3, 0.4) is 0 Å². The molecule has 0 spiro atoms. The number of aryl methyl sites for hydroxylation is 1. The van der Waals surface area contributed by atoms with Gasteiger partial charge in [0.25, 0.3) is 0 Å². The highest BCUT2D eigenvalue weighted by Crippen LogP contribution is 2.33. The molecule has 9 nitrogen and oxygen atoms in total. The van der Waals surface area contributed by atoms with Crippen LogP contribution in [0.5, 0.6) is 0 Å². The third-order valence-electron chi connectivity index (χ3n) is 4.38. The molecular weight excluding hydrogens is 418 g/mol. The van der Waals surface area contributed by atoms with Crippen molar-refractivity contribution < 1.29 is 9.53 Å². The van der Waals surface area contributed by atoms with Crippen molar-refractivity contribution in [2.75, 3.05) is 5.32 Å². The van der Waals surface area contributed by atoms with E-state index in [0.717, 1.165) is 16.7 Å². The van der Waals surface area contributed by atoms with Crippen LogP contribution in [0.1, 0.15) is 44.9 Å². The standard InChI is InChI=1S/C21H26ClN7O2/c1-12-14(18-23-11-24-19(27-18)26-16-9-10-29(6)28-16)7-8-15(17(12)22)13(2)25-20(30)31-21(3,4)5/h7-11,13H,1-6H3,(H,25,30)(H,23,24,26,27,28)/t13-/m1/s1. The number of nitrogens with one attached hydrogen (secondary N) is 2. The van der Waals surface area contributed by atoms with Gasteiger partial charge < -0.3 is 15.4 Å². The fourth-order valence-electron chi connectivity index (χ4n) is 2.93. The molecule has 3 aromatic rings. The molecule has 1 atom stereocenters. The monoisotopic (exact) mass is 443 g/mol. The molecule has 0 fully saturated rings. The topological polar surface area (TPSA) is 107 Å². The SMILES string of the molecule is Cc1c(-c2ncnc(Nc3ccn(C)n3)n2)ccc([C@@H](C)NC(=O)OC(C)(C)C)c1Cl. The van der Waals surface area contributed by atoms with Crippen LogP contribution >= 0.6 is 11.6 Å². The lowest BCUT2D eigenvalue weighted by atomic mass is 10.0. The molecule has 10 heteroatoms. The largest absolute Gasteiger partial charge is 0.444 e. The summed E-state index contributed by atoms with van der Waals surface area (Å²) >= 11 is 6.64. The van der Waals surface area contributed by atoms with Crippen molar-refractivity contribution in [1.82, 2.24) is 30.0 Å². The molecule has 0 radical (unpaired) electrons. The summed E-state index contributed by atoms with van der Waals surface area (Å²) in [5.41, 5.74) is 1.76. The van der Waals surface area contributed by atoms with E-state index >= 15 is 0 Å². The molecule has 0 unspecified atom stereocenters. The van der Waals surface area contributed by atoms with Gasteiger partial charge in [-0.1, -0.05) is 23.7 Å². The second-order valence-electron chi connectivity index (χ2n) is 8.14. The van der Waals surface area contributed by atoms with Crippen LogP contribution in [0.2, 0.25) is 5.02 Å². The summed E-state index contributed by atoms with van der Waals surface area (Å²) in [7, 11) is 1.83. The highest BCUT2D eigenvalue weighted by Gasteiger charge is 2.21. The summed E-state index contributed by atoms with van der Waals surface area (Å²) in [5, 5.41) is 10.6. The minimum atomic E-state index is -0.576. The number of ether oxygens (including phenoxy) is 1. The maximum absolute atomic E-state index is 12.1. The fourth-order valence-corrected chi connectivity index (χ4v) is 3.26. The Labute approximate surface area is 186 Å². The molecule has 0 aliphatic rings. The summed E-state index contributed by atoms with van der Waals surface area (Å²) in [6.45, 7) is 9.18. The highest BCUT2D eigenvalue weighted by atomic mass is 35.5. The lowest BCUT2D eigenvalue weighted by Crippen LogP contribution is -2.34. The molecular formula is C21H26ClN7O2. The number of carbonyl (C=O) groups excluding carboxylic acids is 1. The highest BCUT2D eigenvalue weighted by molar-refractivity contribution is 6.32. The third-order valence-corrected chi connectivity index (χ3v) is 4.88. The van der Waals surface area contributed by atoms with E-state index in [0.29, 0.717) is 22.6 Å². The van der Waals surface area contributed by atoms with Crippen LogP contribution in [-0.4, -0.2) is 36.4 Å². The van der Waals surface area contributed by atoms with E-state index in [1.165, 1.54) is 6.33 Å². The summed E-state index contributed by atoms with van der Waals surface area (Å²) in [5.74, 6) is 1.49. The van der Waals surface area contributed by atoms with E-state index in [4.69, 9.17) is 16.3 Å². The molecule has 164 valence electrons. The van der Waals surface area contributed by atoms with Gasteiger partial charge in [0.15, 0.2) is 11.6 Å². The average Bonchev–Trinajstić information content (AvgIpc) is 3.07. The average molecular weight is 444 g/mol. The first-order chi connectivity index (χ1) is 14.5. The van der Waals surface area contributed by atoms with Crippen molar-refractivity contribution >= 4 is 29.5 Å². The number of rotatable bonds is 5. The maximum atomic E-state index is 12.1. The van der Waals surface area contributed by atoms with E-state index in [-0.39, 0.29) is 6.04 Å². The second kappa shape index (κ2) is 8.89. The molecule has 1 aromatic carbocycles. The van der Waals surface area contributed by atoms with Crippen molar-refractivity contribution in [1.29, 1.82) is 0 Å². The number of benzene rings is 1. The van der Waals surface area contributed by atoms with E-state index in [1.807, 2.05) is 66.1 Å². The minimum absolute atomic E-state index is 0.338. The first-order valence-electron chi connectivity index (χ1n) is 9.78. The summed E-state index contributed by atoms with van der Waals surface area (Å²) in [6.07, 6.45) is 2.75. The molecule has 1 amide bonds. The Bertz CT molecular complexity index is 1090. The van der Waals surface area contributed by atoms with Crippen LogP contribution in [0.4, 0.5) is 16.6 Å². The van der Waals surface area contributed by atoms with Crippen molar-refractivity contribution in [3.8, 4) is 11.4 Å². The van der Waals surface area contributed by atoms with Gasteiger partial charge in [-0.2, -0.15) is 10.1 Å². The van der Waals surface area contributed by atoms with Gasteiger partial charge >= 0.3 is 6.09 Å². The number of amides is 1. The van der Waals surface area contributed by atoms with Crippen LogP contribution in [0.25, 0.3) is 11.4 Å². The van der Waals surface area contributed by atoms with E-state index in [9.17, 15) is 4.79 Å². The number of alkyl carbamates (subject to hydrolysis) is 1. The molecule has 0 bridgehead atoms. The zero-order valence-electron chi connectivity index (χ0n) is 18.4. The first kappa shape index (κ1) is 22.5. The molecule has 31 heavy (non-hydrogen) atoms. The van der Waals surface area contributed by atoms with Crippen LogP contribution < -0.4 is 10.6 Å². The van der Waals surface area contributed by atoms with E-state index in [2.05, 4.69) is 30.7 Å². The molecule has 0 saturated carbocycles. The van der Waals surface area contributed by atoms with Gasteiger partial charge in [-0.05, 0) is 45.7 Å². The van der Waals surface area contributed by atoms with Gasteiger partial charge in [-0.15, -0.1) is 0 Å². The lowest BCUT2D eigenvalue weighted by Gasteiger charge is -2.23. The zero-order valence-corrected chi connectivity index (χ0v) is 19.2. The van der Waals surface area contributed by atoms with Crippen molar-refractivity contribution in [2.24, 2.45) is 7.05 Å². The Balaban J connectivity index is 1.82. The van der Waals surface area contributed by atoms with Crippen LogP contribution in [-0.2, 0) is 11.8 Å². The molecule has 0 saturated heterocycles. The number of nitrogens with zero attached hydrogens (tertiary/aromatic N) is 5. The second-order valence-corrected chi connectivity index (χ2v) is 8.52. The van der Waals surface area contributed by atoms with E-state index < -0.39 is 11.7 Å². The summed E-state index contributed by atoms with van der Waals surface area (Å²) in [6, 6.07) is 5.21. The summed E-state index contributed by atoms with van der Waals surface area (Å²) < 4.78 is 7.00. The van der Waals surface area contributed by atoms with Crippen LogP contribution in [0, 0.1) is 6.92 Å². The minimum Gasteiger partial charge on any atom is -0.444 e. The Morgan fingerprint density at radius 1 is 1.23 bits per heavy atom. The van der Waals surface area contributed by atoms with Crippen LogP contribution in [0.15, 0.2) is 30.7 Å². The molecule has 0 aliphatic carbocycles. The zero-order chi connectivity index (χ0) is 22.8. The molecule has 2 aromatic heterocycles. The Kier molecular flexibility index (Phi) is 6.45. The van der Waals surface area contributed by atoms with Gasteiger partial charge in [0.1, 0.15) is 11.9 Å². The summed E-state index contributed by atoms with van der Waals surface area (Å²) in [4.78, 5) is 25.0. The van der Waals surface area contributed by atoms with Gasteiger partial charge in [0, 0.05) is 29.9 Å². The predicted molar refractivity (Wildman–Crippen MR) is 119 cm³/mol. The van der Waals surface area contributed by atoms with Crippen molar-refractivity contribution in [3.05, 3.63) is 46.9 Å². The Hall–Kier alpha value is -3.20. The normalized spacial score (nSPS) is 12.4. The first-order valence-corrected chi connectivity index (χ1v) is 10.2. The Morgan fingerprint density at radius 3 is 2.61 bits per heavy atom. The quantitative estimate of drug-likeness (QED) is 0.595. The van der Waals surface area contributed by atoms with Gasteiger partial charge in [0.2, 0.25) is 5.95 Å². The van der Waals surface area contributed by atoms with E-state index in [1.54, 1.807) is 4.68 Å². The molecule has 2 N–H and O–H groups in total. The van der Waals surface area contributed by atoms with Gasteiger partial charge in [-0.3, -0.25) is 4.68 Å². The third kappa shape index (κ3) is 5.69. The molecule has 0 aliphatic heterocycles. The fraction of sp³-hybridized carbons (Fsp3) is 0.381. The van der Waals surface area contributed by atoms with Gasteiger partial charge in [0.05, 0.1) is 6.04 Å². The number of hydrogen-bond acceptors (Lipinski definition) is 7. The van der Waals surface area contributed by atoms with Crippen molar-refractivity contribution in [3.63, 3.8) is 0 Å². The molecule has 3 rings (SSSR count). The number of halogens is 1. The van der Waals surface area contributed by atoms with Gasteiger partial charge in [-0.25, -0.2) is 14.8 Å². The number of hydrogen-bond donors (Lipinski definition) is 2. The predicted octanol–water partition coefficient (Wildman–Crippen LogP) is 4.56. The van der Waals surface area contributed by atoms with Crippen molar-refractivity contribution in [2.45, 2.75) is 46.3 Å². The Morgan fingerprint density at radius 2 is 1.97 bits per heavy atom. The maximum Gasteiger partial charge on any atom is 0.408 e.